The number of rotatable bonds is 6. The van der Waals surface area contributed by atoms with Crippen LogP contribution < -0.4 is 15.4 Å². The zero-order chi connectivity index (χ0) is 16.8. The molecule has 0 saturated carbocycles. The van der Waals surface area contributed by atoms with Crippen molar-refractivity contribution in [3.8, 4) is 5.75 Å². The van der Waals surface area contributed by atoms with Gasteiger partial charge in [0.25, 0.3) is 0 Å². The number of anilines is 2. The summed E-state index contributed by atoms with van der Waals surface area (Å²) in [5, 5.41) is 5.52. The fraction of sp³-hybridized carbons (Fsp3) is 0.235. The molecule has 0 aliphatic carbocycles. The fourth-order valence-corrected chi connectivity index (χ4v) is 2.08. The van der Waals surface area contributed by atoms with Crippen LogP contribution in [0.4, 0.5) is 20.2 Å². The van der Waals surface area contributed by atoms with E-state index in [2.05, 4.69) is 10.6 Å². The summed E-state index contributed by atoms with van der Waals surface area (Å²) in [7, 11) is 1.53. The van der Waals surface area contributed by atoms with Gasteiger partial charge in [-0.3, -0.25) is 4.79 Å². The van der Waals surface area contributed by atoms with Gasteiger partial charge in [-0.15, -0.1) is 0 Å². The van der Waals surface area contributed by atoms with Crippen LogP contribution in [-0.4, -0.2) is 19.6 Å². The molecule has 1 amide bonds. The smallest absolute Gasteiger partial charge is 0.226 e. The van der Waals surface area contributed by atoms with E-state index in [0.717, 1.165) is 17.7 Å². The van der Waals surface area contributed by atoms with E-state index < -0.39 is 11.6 Å². The maximum atomic E-state index is 13.4. The molecular formula is C17H18F2N2O2. The number of ether oxygens (including phenoxy) is 1. The highest BCUT2D eigenvalue weighted by Gasteiger charge is 2.09. The molecule has 0 aliphatic rings. The molecule has 0 bridgehead atoms. The summed E-state index contributed by atoms with van der Waals surface area (Å²) in [5.74, 6) is -0.992. The van der Waals surface area contributed by atoms with Crippen molar-refractivity contribution < 1.29 is 18.3 Å². The van der Waals surface area contributed by atoms with Crippen molar-refractivity contribution >= 4 is 17.3 Å². The van der Waals surface area contributed by atoms with Gasteiger partial charge >= 0.3 is 0 Å². The Balaban J connectivity index is 1.89. The van der Waals surface area contributed by atoms with Gasteiger partial charge in [-0.25, -0.2) is 8.78 Å². The van der Waals surface area contributed by atoms with Crippen LogP contribution in [0.2, 0.25) is 0 Å². The first-order valence-electron chi connectivity index (χ1n) is 7.13. The number of hydrogen-bond donors (Lipinski definition) is 2. The number of methoxy groups -OCH3 is 1. The summed E-state index contributed by atoms with van der Waals surface area (Å²) in [4.78, 5) is 12.0. The molecule has 0 heterocycles. The van der Waals surface area contributed by atoms with Crippen LogP contribution in [0.1, 0.15) is 12.0 Å². The summed E-state index contributed by atoms with van der Waals surface area (Å²) in [6.45, 7) is 2.14. The van der Waals surface area contributed by atoms with Crippen molar-refractivity contribution in [2.45, 2.75) is 13.3 Å². The first-order chi connectivity index (χ1) is 11.0. The van der Waals surface area contributed by atoms with E-state index in [1.165, 1.54) is 13.2 Å². The number of nitrogens with one attached hydrogen (secondary N) is 2. The largest absolute Gasteiger partial charge is 0.495 e. The lowest BCUT2D eigenvalue weighted by atomic mass is 10.2. The van der Waals surface area contributed by atoms with Gasteiger partial charge in [-0.1, -0.05) is 6.07 Å². The SMILES string of the molecule is COc1ccc(C)cc1NC(=O)CCNc1ccc(F)cc1F. The van der Waals surface area contributed by atoms with Crippen LogP contribution in [0, 0.1) is 18.6 Å². The van der Waals surface area contributed by atoms with Gasteiger partial charge < -0.3 is 15.4 Å². The molecule has 23 heavy (non-hydrogen) atoms. The normalized spacial score (nSPS) is 10.3. The summed E-state index contributed by atoms with van der Waals surface area (Å²) in [6.07, 6.45) is 0.133. The Bertz CT molecular complexity index is 705. The lowest BCUT2D eigenvalue weighted by Crippen LogP contribution is -2.17. The molecule has 0 spiro atoms. The molecule has 4 nitrogen and oxygen atoms in total. The van der Waals surface area contributed by atoms with E-state index >= 15 is 0 Å². The average molecular weight is 320 g/mol. The standard InChI is InChI=1S/C17H18F2N2O2/c1-11-3-6-16(23-2)15(9-11)21-17(22)7-8-20-14-5-4-12(18)10-13(14)19/h3-6,9-10,20H,7-8H2,1-2H3,(H,21,22). The number of aryl methyl sites for hydroxylation is 1. The van der Waals surface area contributed by atoms with Gasteiger partial charge in [0, 0.05) is 19.0 Å². The van der Waals surface area contributed by atoms with Gasteiger partial charge in [-0.05, 0) is 36.8 Å². The Labute approximate surface area is 133 Å². The minimum absolute atomic E-state index is 0.133. The third-order valence-corrected chi connectivity index (χ3v) is 3.23. The number of carbonyl (C=O) groups excluding carboxylic acids is 1. The molecule has 0 aliphatic heterocycles. The lowest BCUT2D eigenvalue weighted by molar-refractivity contribution is -0.116. The minimum atomic E-state index is -0.689. The van der Waals surface area contributed by atoms with Gasteiger partial charge in [0.2, 0.25) is 5.91 Å². The molecule has 6 heteroatoms. The van der Waals surface area contributed by atoms with Crippen LogP contribution in [0.5, 0.6) is 5.75 Å². The van der Waals surface area contributed by atoms with Gasteiger partial charge in [0.1, 0.15) is 17.4 Å². The van der Waals surface area contributed by atoms with E-state index in [4.69, 9.17) is 4.74 Å². The van der Waals surface area contributed by atoms with E-state index in [0.29, 0.717) is 11.4 Å². The first kappa shape index (κ1) is 16.7. The molecule has 2 aromatic rings. The van der Waals surface area contributed by atoms with E-state index in [1.807, 2.05) is 19.1 Å². The molecule has 2 rings (SSSR count). The maximum absolute atomic E-state index is 13.4. The Morgan fingerprint density at radius 2 is 1.91 bits per heavy atom. The number of carbonyl (C=O) groups is 1. The van der Waals surface area contributed by atoms with E-state index in [-0.39, 0.29) is 24.6 Å². The van der Waals surface area contributed by atoms with Crippen molar-refractivity contribution in [1.82, 2.24) is 0 Å². The Hall–Kier alpha value is -2.63. The van der Waals surface area contributed by atoms with Crippen molar-refractivity contribution in [3.05, 3.63) is 53.6 Å². The van der Waals surface area contributed by atoms with Gasteiger partial charge in [0.05, 0.1) is 18.5 Å². The summed E-state index contributed by atoms with van der Waals surface area (Å²) in [5.41, 5.74) is 1.74. The van der Waals surface area contributed by atoms with Crippen LogP contribution in [0.15, 0.2) is 36.4 Å². The number of amides is 1. The molecule has 2 N–H and O–H groups in total. The topological polar surface area (TPSA) is 50.4 Å². The molecule has 0 fully saturated rings. The van der Waals surface area contributed by atoms with Crippen molar-refractivity contribution in [2.24, 2.45) is 0 Å². The van der Waals surface area contributed by atoms with Gasteiger partial charge in [-0.2, -0.15) is 0 Å². The summed E-state index contributed by atoms with van der Waals surface area (Å²) in [6, 6.07) is 8.71. The van der Waals surface area contributed by atoms with Crippen molar-refractivity contribution in [2.75, 3.05) is 24.3 Å². The molecule has 0 saturated heterocycles. The monoisotopic (exact) mass is 320 g/mol. The Morgan fingerprint density at radius 1 is 1.13 bits per heavy atom. The second-order valence-electron chi connectivity index (χ2n) is 5.05. The highest BCUT2D eigenvalue weighted by Crippen LogP contribution is 2.25. The minimum Gasteiger partial charge on any atom is -0.495 e. The van der Waals surface area contributed by atoms with E-state index in [1.54, 1.807) is 6.07 Å². The number of hydrogen-bond acceptors (Lipinski definition) is 3. The van der Waals surface area contributed by atoms with Gasteiger partial charge in [0.15, 0.2) is 0 Å². The molecule has 122 valence electrons. The third-order valence-electron chi connectivity index (χ3n) is 3.23. The van der Waals surface area contributed by atoms with Crippen LogP contribution >= 0.6 is 0 Å². The Morgan fingerprint density at radius 3 is 2.61 bits per heavy atom. The van der Waals surface area contributed by atoms with E-state index in [9.17, 15) is 13.6 Å². The maximum Gasteiger partial charge on any atom is 0.226 e. The second-order valence-corrected chi connectivity index (χ2v) is 5.05. The second kappa shape index (κ2) is 7.58. The average Bonchev–Trinajstić information content (AvgIpc) is 2.50. The summed E-state index contributed by atoms with van der Waals surface area (Å²) < 4.78 is 31.4. The van der Waals surface area contributed by atoms with Crippen molar-refractivity contribution in [3.63, 3.8) is 0 Å². The Kier molecular flexibility index (Phi) is 5.51. The molecule has 0 atom stereocenters. The molecule has 0 aromatic heterocycles. The predicted molar refractivity (Wildman–Crippen MR) is 85.8 cm³/mol. The molecule has 0 unspecified atom stereocenters. The van der Waals surface area contributed by atoms with Crippen LogP contribution in [0.25, 0.3) is 0 Å². The lowest BCUT2D eigenvalue weighted by Gasteiger charge is -2.12. The molecule has 2 aromatic carbocycles. The molecule has 0 radical (unpaired) electrons. The summed E-state index contributed by atoms with van der Waals surface area (Å²) >= 11 is 0. The zero-order valence-electron chi connectivity index (χ0n) is 13.0. The fourth-order valence-electron chi connectivity index (χ4n) is 2.08. The zero-order valence-corrected chi connectivity index (χ0v) is 13.0. The van der Waals surface area contributed by atoms with Crippen molar-refractivity contribution in [1.29, 1.82) is 0 Å². The quantitative estimate of drug-likeness (QED) is 0.853. The predicted octanol–water partition coefficient (Wildman–Crippen LogP) is 3.72. The number of benzene rings is 2. The first-order valence-corrected chi connectivity index (χ1v) is 7.13. The van der Waals surface area contributed by atoms with Crippen LogP contribution in [-0.2, 0) is 4.79 Å². The highest BCUT2D eigenvalue weighted by atomic mass is 19.1. The number of halogens is 2. The molecular weight excluding hydrogens is 302 g/mol. The highest BCUT2D eigenvalue weighted by molar-refractivity contribution is 5.92. The van der Waals surface area contributed by atoms with Crippen LogP contribution in [0.3, 0.4) is 0 Å². The third kappa shape index (κ3) is 4.67.